The topological polar surface area (TPSA) is 25.8 Å². The second-order valence-electron chi connectivity index (χ2n) is 3.27. The van der Waals surface area contributed by atoms with Crippen molar-refractivity contribution in [3.05, 3.63) is 47.5 Å². The molecule has 0 unspecified atom stereocenters. The van der Waals surface area contributed by atoms with Crippen molar-refractivity contribution < 1.29 is 13.2 Å². The van der Waals surface area contributed by atoms with Gasteiger partial charge in [0.1, 0.15) is 17.5 Å². The monoisotopic (exact) mass is 224 g/mol. The molecule has 0 spiro atoms. The summed E-state index contributed by atoms with van der Waals surface area (Å²) in [6.07, 6.45) is 1.32. The number of nitrogens with zero attached hydrogens (tertiary/aromatic N) is 2. The average molecular weight is 224 g/mol. The van der Waals surface area contributed by atoms with Crippen LogP contribution in [0.15, 0.2) is 24.4 Å². The third-order valence-corrected chi connectivity index (χ3v) is 2.18. The van der Waals surface area contributed by atoms with E-state index in [-0.39, 0.29) is 11.1 Å². The Morgan fingerprint density at radius 3 is 2.25 bits per heavy atom. The van der Waals surface area contributed by atoms with Gasteiger partial charge >= 0.3 is 0 Å². The molecule has 82 valence electrons. The molecular formula is C11H7F3N2. The lowest BCUT2D eigenvalue weighted by Gasteiger charge is -2.06. The summed E-state index contributed by atoms with van der Waals surface area (Å²) in [7, 11) is 0. The maximum Gasteiger partial charge on any atom is 0.136 e. The summed E-state index contributed by atoms with van der Waals surface area (Å²) in [5.41, 5.74) is 0.366. The Bertz CT molecular complexity index is 517. The standard InChI is InChI=1S/C11H7F3N2/c1-6-8(2-3-15-16-6)11-9(13)4-7(12)5-10(11)14/h2-5H,1H3. The van der Waals surface area contributed by atoms with Gasteiger partial charge in [-0.05, 0) is 13.0 Å². The molecule has 5 heteroatoms. The highest BCUT2D eigenvalue weighted by Crippen LogP contribution is 2.27. The van der Waals surface area contributed by atoms with Crippen LogP contribution in [-0.2, 0) is 0 Å². The minimum absolute atomic E-state index is 0.269. The first-order valence-electron chi connectivity index (χ1n) is 4.53. The molecule has 0 aliphatic heterocycles. The zero-order chi connectivity index (χ0) is 11.7. The summed E-state index contributed by atoms with van der Waals surface area (Å²) in [4.78, 5) is 0. The smallest absolute Gasteiger partial charge is 0.136 e. The highest BCUT2D eigenvalue weighted by Gasteiger charge is 2.15. The van der Waals surface area contributed by atoms with Crippen molar-refractivity contribution in [3.63, 3.8) is 0 Å². The number of aryl methyl sites for hydroxylation is 1. The van der Waals surface area contributed by atoms with Crippen molar-refractivity contribution in [3.8, 4) is 11.1 Å². The third kappa shape index (κ3) is 1.76. The van der Waals surface area contributed by atoms with E-state index in [0.29, 0.717) is 17.8 Å². The molecule has 0 N–H and O–H groups in total. The van der Waals surface area contributed by atoms with Crippen molar-refractivity contribution in [2.45, 2.75) is 6.92 Å². The van der Waals surface area contributed by atoms with Gasteiger partial charge in [0.25, 0.3) is 0 Å². The van der Waals surface area contributed by atoms with Crippen molar-refractivity contribution in [1.29, 1.82) is 0 Å². The summed E-state index contributed by atoms with van der Waals surface area (Å²) in [5.74, 6) is -2.85. The van der Waals surface area contributed by atoms with Crippen LogP contribution >= 0.6 is 0 Å². The number of rotatable bonds is 1. The second kappa shape index (κ2) is 3.92. The molecule has 0 aliphatic carbocycles. The normalized spacial score (nSPS) is 10.5. The first-order valence-corrected chi connectivity index (χ1v) is 4.53. The molecule has 0 fully saturated rings. The third-order valence-electron chi connectivity index (χ3n) is 2.18. The van der Waals surface area contributed by atoms with E-state index in [1.165, 1.54) is 12.3 Å². The van der Waals surface area contributed by atoms with Crippen LogP contribution in [0.25, 0.3) is 11.1 Å². The van der Waals surface area contributed by atoms with Gasteiger partial charge in [-0.25, -0.2) is 13.2 Å². The Kier molecular flexibility index (Phi) is 2.60. The maximum absolute atomic E-state index is 13.4. The summed E-state index contributed by atoms with van der Waals surface area (Å²) in [6.45, 7) is 1.57. The zero-order valence-corrected chi connectivity index (χ0v) is 8.34. The number of hydrogen-bond donors (Lipinski definition) is 0. The summed E-state index contributed by atoms with van der Waals surface area (Å²) in [5, 5.41) is 7.26. The molecule has 2 aromatic rings. The SMILES string of the molecule is Cc1nnccc1-c1c(F)cc(F)cc1F. The highest BCUT2D eigenvalue weighted by molar-refractivity contribution is 5.66. The van der Waals surface area contributed by atoms with Gasteiger partial charge in [-0.15, -0.1) is 0 Å². The van der Waals surface area contributed by atoms with Crippen LogP contribution in [0.2, 0.25) is 0 Å². The van der Waals surface area contributed by atoms with E-state index in [1.807, 2.05) is 0 Å². The predicted molar refractivity (Wildman–Crippen MR) is 52.1 cm³/mol. The van der Waals surface area contributed by atoms with E-state index in [2.05, 4.69) is 10.2 Å². The van der Waals surface area contributed by atoms with Crippen LogP contribution in [0.1, 0.15) is 5.69 Å². The predicted octanol–water partition coefficient (Wildman–Crippen LogP) is 2.87. The molecule has 1 heterocycles. The van der Waals surface area contributed by atoms with Gasteiger partial charge in [0.2, 0.25) is 0 Å². The van der Waals surface area contributed by atoms with Gasteiger partial charge in [0.15, 0.2) is 0 Å². The van der Waals surface area contributed by atoms with Crippen LogP contribution in [0, 0.1) is 24.4 Å². The van der Waals surface area contributed by atoms with Crippen molar-refractivity contribution in [1.82, 2.24) is 10.2 Å². The minimum atomic E-state index is -0.950. The van der Waals surface area contributed by atoms with E-state index in [4.69, 9.17) is 0 Å². The highest BCUT2D eigenvalue weighted by atomic mass is 19.1. The lowest BCUT2D eigenvalue weighted by Crippen LogP contribution is -1.96. The quantitative estimate of drug-likeness (QED) is 0.744. The van der Waals surface area contributed by atoms with Crippen LogP contribution in [-0.4, -0.2) is 10.2 Å². The van der Waals surface area contributed by atoms with Crippen molar-refractivity contribution in [2.75, 3.05) is 0 Å². The minimum Gasteiger partial charge on any atom is -0.207 e. The Labute approximate surface area is 89.8 Å². The molecule has 2 nitrogen and oxygen atoms in total. The summed E-state index contributed by atoms with van der Waals surface area (Å²) < 4.78 is 39.6. The molecule has 0 atom stereocenters. The van der Waals surface area contributed by atoms with Crippen molar-refractivity contribution in [2.24, 2.45) is 0 Å². The Balaban J connectivity index is 2.70. The Hall–Kier alpha value is -1.91. The molecule has 1 aromatic heterocycles. The van der Waals surface area contributed by atoms with Gasteiger partial charge in [-0.3, -0.25) is 0 Å². The number of halogens is 3. The van der Waals surface area contributed by atoms with E-state index in [0.717, 1.165) is 0 Å². The van der Waals surface area contributed by atoms with E-state index >= 15 is 0 Å². The Morgan fingerprint density at radius 1 is 1.06 bits per heavy atom. The molecule has 0 aliphatic rings. The Morgan fingerprint density at radius 2 is 1.69 bits per heavy atom. The second-order valence-corrected chi connectivity index (χ2v) is 3.27. The molecule has 16 heavy (non-hydrogen) atoms. The molecule has 1 aromatic carbocycles. The van der Waals surface area contributed by atoms with Gasteiger partial charge < -0.3 is 0 Å². The van der Waals surface area contributed by atoms with Gasteiger partial charge in [0, 0.05) is 17.7 Å². The summed E-state index contributed by atoms with van der Waals surface area (Å²) >= 11 is 0. The molecule has 0 saturated heterocycles. The molecular weight excluding hydrogens is 217 g/mol. The fourth-order valence-electron chi connectivity index (χ4n) is 1.47. The maximum atomic E-state index is 13.4. The van der Waals surface area contributed by atoms with Crippen LogP contribution in [0.4, 0.5) is 13.2 Å². The first kappa shape index (κ1) is 10.6. The van der Waals surface area contributed by atoms with Gasteiger partial charge in [-0.1, -0.05) is 0 Å². The number of aromatic nitrogens is 2. The van der Waals surface area contributed by atoms with Crippen LogP contribution in [0.3, 0.4) is 0 Å². The van der Waals surface area contributed by atoms with E-state index < -0.39 is 17.5 Å². The molecule has 0 saturated carbocycles. The lowest BCUT2D eigenvalue weighted by molar-refractivity contribution is 0.547. The van der Waals surface area contributed by atoms with E-state index in [9.17, 15) is 13.2 Å². The summed E-state index contributed by atoms with van der Waals surface area (Å²) in [6, 6.07) is 2.71. The van der Waals surface area contributed by atoms with Gasteiger partial charge in [-0.2, -0.15) is 10.2 Å². The average Bonchev–Trinajstić information content (AvgIpc) is 2.19. The van der Waals surface area contributed by atoms with Crippen LogP contribution < -0.4 is 0 Å². The number of hydrogen-bond acceptors (Lipinski definition) is 2. The molecule has 0 radical (unpaired) electrons. The van der Waals surface area contributed by atoms with Gasteiger partial charge in [0.05, 0.1) is 17.5 Å². The fraction of sp³-hybridized carbons (Fsp3) is 0.0909. The number of benzene rings is 1. The molecule has 0 bridgehead atoms. The lowest BCUT2D eigenvalue weighted by atomic mass is 10.0. The molecule has 2 rings (SSSR count). The largest absolute Gasteiger partial charge is 0.207 e. The molecule has 0 amide bonds. The fourth-order valence-corrected chi connectivity index (χ4v) is 1.47. The van der Waals surface area contributed by atoms with E-state index in [1.54, 1.807) is 6.92 Å². The zero-order valence-electron chi connectivity index (χ0n) is 8.34. The van der Waals surface area contributed by atoms with Crippen LogP contribution in [0.5, 0.6) is 0 Å². The van der Waals surface area contributed by atoms with Crippen molar-refractivity contribution >= 4 is 0 Å². The first-order chi connectivity index (χ1) is 7.59.